The number of benzene rings is 2. The highest BCUT2D eigenvalue weighted by atomic mass is 16.5. The summed E-state index contributed by atoms with van der Waals surface area (Å²) >= 11 is 0. The van der Waals surface area contributed by atoms with Gasteiger partial charge in [0.25, 0.3) is 0 Å². The molecule has 0 radical (unpaired) electrons. The number of carbonyl (C=O) groups excluding carboxylic acids is 1. The van der Waals surface area contributed by atoms with Gasteiger partial charge in [0.1, 0.15) is 11.8 Å². The number of nitrogens with zero attached hydrogens (tertiary/aromatic N) is 1. The summed E-state index contributed by atoms with van der Waals surface area (Å²) in [7, 11) is 0. The van der Waals surface area contributed by atoms with Gasteiger partial charge in [-0.05, 0) is 36.2 Å². The Bertz CT molecular complexity index is 672. The minimum Gasteiger partial charge on any atom is -0.493 e. The van der Waals surface area contributed by atoms with Crippen LogP contribution in [0, 0.1) is 11.3 Å². The van der Waals surface area contributed by atoms with Gasteiger partial charge in [-0.1, -0.05) is 31.2 Å². The first-order chi connectivity index (χ1) is 10.7. The topological polar surface area (TPSA) is 62.1 Å². The van der Waals surface area contributed by atoms with Gasteiger partial charge in [-0.25, -0.2) is 0 Å². The molecule has 0 aliphatic rings. The molecule has 0 saturated carbocycles. The summed E-state index contributed by atoms with van der Waals surface area (Å²) in [6.45, 7) is 2.39. The van der Waals surface area contributed by atoms with Gasteiger partial charge in [0.05, 0.1) is 24.3 Å². The summed E-state index contributed by atoms with van der Waals surface area (Å²) in [4.78, 5) is 11.9. The van der Waals surface area contributed by atoms with E-state index < -0.39 is 0 Å². The first-order valence-corrected chi connectivity index (χ1v) is 7.23. The molecule has 0 unspecified atom stereocenters. The van der Waals surface area contributed by atoms with Crippen LogP contribution in [0.15, 0.2) is 48.5 Å². The zero-order valence-corrected chi connectivity index (χ0v) is 12.5. The highest BCUT2D eigenvalue weighted by molar-refractivity contribution is 5.92. The first-order valence-electron chi connectivity index (χ1n) is 7.23. The molecule has 0 aliphatic carbocycles. The standard InChI is InChI=1S/C18H18N2O2/c1-2-14-7-9-16(10-8-14)22-12-11-18(21)20-17-6-4-3-5-15(17)13-19/h3-10H,2,11-12H2,1H3,(H,20,21). The fourth-order valence-electron chi connectivity index (χ4n) is 1.99. The maximum Gasteiger partial charge on any atom is 0.227 e. The van der Waals surface area contributed by atoms with Crippen LogP contribution in [0.4, 0.5) is 5.69 Å². The molecular weight excluding hydrogens is 276 g/mol. The van der Waals surface area contributed by atoms with Crippen molar-refractivity contribution in [1.82, 2.24) is 0 Å². The molecule has 0 fully saturated rings. The Balaban J connectivity index is 1.81. The van der Waals surface area contributed by atoms with Gasteiger partial charge in [0, 0.05) is 0 Å². The van der Waals surface area contributed by atoms with Crippen molar-refractivity contribution in [2.45, 2.75) is 19.8 Å². The van der Waals surface area contributed by atoms with Crippen molar-refractivity contribution in [3.05, 3.63) is 59.7 Å². The van der Waals surface area contributed by atoms with Crippen molar-refractivity contribution in [2.24, 2.45) is 0 Å². The molecular formula is C18H18N2O2. The Morgan fingerprint density at radius 3 is 2.59 bits per heavy atom. The number of rotatable bonds is 6. The average Bonchev–Trinajstić information content (AvgIpc) is 2.56. The normalized spacial score (nSPS) is 9.82. The van der Waals surface area contributed by atoms with Crippen LogP contribution in [0.1, 0.15) is 24.5 Å². The van der Waals surface area contributed by atoms with Crippen LogP contribution in [0.25, 0.3) is 0 Å². The lowest BCUT2D eigenvalue weighted by molar-refractivity contribution is -0.116. The third-order valence-corrected chi connectivity index (χ3v) is 3.25. The van der Waals surface area contributed by atoms with Gasteiger partial charge in [-0.2, -0.15) is 5.26 Å². The molecule has 2 rings (SSSR count). The number of anilines is 1. The summed E-state index contributed by atoms with van der Waals surface area (Å²) in [5.74, 6) is 0.579. The van der Waals surface area contributed by atoms with E-state index >= 15 is 0 Å². The number of ether oxygens (including phenoxy) is 1. The van der Waals surface area contributed by atoms with Gasteiger partial charge >= 0.3 is 0 Å². The van der Waals surface area contributed by atoms with Gasteiger partial charge in [-0.3, -0.25) is 4.79 Å². The van der Waals surface area contributed by atoms with E-state index in [-0.39, 0.29) is 12.3 Å². The van der Waals surface area contributed by atoms with Gasteiger partial charge in [-0.15, -0.1) is 0 Å². The van der Waals surface area contributed by atoms with E-state index in [0.717, 1.165) is 12.2 Å². The molecule has 1 N–H and O–H groups in total. The molecule has 2 aromatic rings. The second-order valence-corrected chi connectivity index (χ2v) is 4.80. The maximum atomic E-state index is 11.9. The van der Waals surface area contributed by atoms with Gasteiger partial charge < -0.3 is 10.1 Å². The third kappa shape index (κ3) is 4.35. The van der Waals surface area contributed by atoms with Crippen LogP contribution >= 0.6 is 0 Å². The van der Waals surface area contributed by atoms with E-state index in [0.29, 0.717) is 17.9 Å². The summed E-state index contributed by atoms with van der Waals surface area (Å²) in [6, 6.07) is 16.8. The Labute approximate surface area is 130 Å². The third-order valence-electron chi connectivity index (χ3n) is 3.25. The van der Waals surface area contributed by atoms with E-state index in [4.69, 9.17) is 10.00 Å². The molecule has 22 heavy (non-hydrogen) atoms. The highest BCUT2D eigenvalue weighted by Gasteiger charge is 2.06. The van der Waals surface area contributed by atoms with Crippen LogP contribution < -0.4 is 10.1 Å². The van der Waals surface area contributed by atoms with Crippen LogP contribution in [-0.4, -0.2) is 12.5 Å². The highest BCUT2D eigenvalue weighted by Crippen LogP contribution is 2.15. The molecule has 0 aromatic heterocycles. The van der Waals surface area contributed by atoms with Crippen LogP contribution in [-0.2, 0) is 11.2 Å². The van der Waals surface area contributed by atoms with E-state index in [9.17, 15) is 4.79 Å². The fraction of sp³-hybridized carbons (Fsp3) is 0.222. The van der Waals surface area contributed by atoms with Crippen molar-refractivity contribution >= 4 is 11.6 Å². The predicted molar refractivity (Wildman–Crippen MR) is 85.7 cm³/mol. The molecule has 0 bridgehead atoms. The molecule has 0 atom stereocenters. The van der Waals surface area contributed by atoms with Crippen LogP contribution in [0.2, 0.25) is 0 Å². The largest absolute Gasteiger partial charge is 0.493 e. The van der Waals surface area contributed by atoms with Crippen LogP contribution in [0.5, 0.6) is 5.75 Å². The predicted octanol–water partition coefficient (Wildman–Crippen LogP) is 3.53. The zero-order valence-electron chi connectivity index (χ0n) is 12.5. The van der Waals surface area contributed by atoms with Crippen molar-refractivity contribution in [3.63, 3.8) is 0 Å². The summed E-state index contributed by atoms with van der Waals surface area (Å²) < 4.78 is 5.54. The second kappa shape index (κ2) is 7.84. The Kier molecular flexibility index (Phi) is 5.56. The van der Waals surface area contributed by atoms with E-state index in [2.05, 4.69) is 12.2 Å². The molecule has 112 valence electrons. The van der Waals surface area contributed by atoms with Crippen molar-refractivity contribution in [3.8, 4) is 11.8 Å². The number of amides is 1. The summed E-state index contributed by atoms with van der Waals surface area (Å²) in [5, 5.41) is 11.7. The number of nitriles is 1. The molecule has 0 spiro atoms. The number of hydrogen-bond donors (Lipinski definition) is 1. The molecule has 4 nitrogen and oxygen atoms in total. The fourth-order valence-corrected chi connectivity index (χ4v) is 1.99. The van der Waals surface area contributed by atoms with Crippen molar-refractivity contribution in [1.29, 1.82) is 5.26 Å². The SMILES string of the molecule is CCc1ccc(OCCC(=O)Nc2ccccc2C#N)cc1. The number of carbonyl (C=O) groups is 1. The van der Waals surface area contributed by atoms with E-state index in [1.165, 1.54) is 5.56 Å². The molecule has 2 aromatic carbocycles. The smallest absolute Gasteiger partial charge is 0.227 e. The average molecular weight is 294 g/mol. The van der Waals surface area contributed by atoms with Crippen LogP contribution in [0.3, 0.4) is 0 Å². The lowest BCUT2D eigenvalue weighted by atomic mass is 10.2. The minimum atomic E-state index is -0.173. The van der Waals surface area contributed by atoms with Gasteiger partial charge in [0.2, 0.25) is 5.91 Å². The lowest BCUT2D eigenvalue weighted by Crippen LogP contribution is -2.15. The number of aryl methyl sites for hydroxylation is 1. The Hall–Kier alpha value is -2.80. The molecule has 0 aliphatic heterocycles. The van der Waals surface area contributed by atoms with Crippen molar-refractivity contribution < 1.29 is 9.53 Å². The van der Waals surface area contributed by atoms with Crippen molar-refractivity contribution in [2.75, 3.05) is 11.9 Å². The number of hydrogen-bond acceptors (Lipinski definition) is 3. The molecule has 4 heteroatoms. The molecule has 0 heterocycles. The Morgan fingerprint density at radius 1 is 1.18 bits per heavy atom. The molecule has 0 saturated heterocycles. The number of para-hydroxylation sites is 1. The quantitative estimate of drug-likeness (QED) is 0.886. The second-order valence-electron chi connectivity index (χ2n) is 4.80. The maximum absolute atomic E-state index is 11.9. The first kappa shape index (κ1) is 15.6. The van der Waals surface area contributed by atoms with Gasteiger partial charge in [0.15, 0.2) is 0 Å². The minimum absolute atomic E-state index is 0.173. The number of nitrogens with one attached hydrogen (secondary N) is 1. The van der Waals surface area contributed by atoms with E-state index in [1.54, 1.807) is 24.3 Å². The molecule has 1 amide bonds. The lowest BCUT2D eigenvalue weighted by Gasteiger charge is -2.08. The monoisotopic (exact) mass is 294 g/mol. The Morgan fingerprint density at radius 2 is 1.91 bits per heavy atom. The summed E-state index contributed by atoms with van der Waals surface area (Å²) in [6.07, 6.45) is 1.22. The zero-order chi connectivity index (χ0) is 15.8. The van der Waals surface area contributed by atoms with E-state index in [1.807, 2.05) is 30.3 Å². The summed E-state index contributed by atoms with van der Waals surface area (Å²) in [5.41, 5.74) is 2.23.